The van der Waals surface area contributed by atoms with Crippen molar-refractivity contribution in [2.75, 3.05) is 19.6 Å². The zero-order valence-electron chi connectivity index (χ0n) is 20.9. The molecule has 0 bridgehead atoms. The number of aromatic nitrogens is 2. The average Bonchev–Trinajstić information content (AvgIpc) is 3.27. The number of carbonyl (C=O) groups is 1. The first-order valence-corrected chi connectivity index (χ1v) is 14.0. The summed E-state index contributed by atoms with van der Waals surface area (Å²) in [5, 5.41) is 5.40. The number of hydrogen-bond acceptors (Lipinski definition) is 4. The van der Waals surface area contributed by atoms with Gasteiger partial charge in [-0.25, -0.2) is 4.98 Å². The number of carbonyl (C=O) groups excluding carboxylic acids is 1. The molecule has 2 fully saturated rings. The van der Waals surface area contributed by atoms with Crippen LogP contribution in [0.2, 0.25) is 0 Å². The zero-order chi connectivity index (χ0) is 24.5. The van der Waals surface area contributed by atoms with Crippen LogP contribution in [0.4, 0.5) is 0 Å². The largest absolute Gasteiger partial charge is 0.356 e. The molecule has 1 aliphatic carbocycles. The Balaban J connectivity index is 1.01. The fraction of sp³-hybridized carbons (Fsp3) is 0.400. The summed E-state index contributed by atoms with van der Waals surface area (Å²) in [6.45, 7) is 5.89. The normalized spacial score (nSPS) is 19.2. The number of fused-ring (bicyclic) bond motifs is 1. The molecule has 1 atom stereocenters. The van der Waals surface area contributed by atoms with E-state index in [-0.39, 0.29) is 17.2 Å². The number of nitrogens with one attached hydrogen (secondary N) is 1. The summed E-state index contributed by atoms with van der Waals surface area (Å²) in [7, 11) is 0. The van der Waals surface area contributed by atoms with E-state index in [9.17, 15) is 4.79 Å². The van der Waals surface area contributed by atoms with E-state index >= 15 is 0 Å². The van der Waals surface area contributed by atoms with Crippen LogP contribution in [0.3, 0.4) is 0 Å². The van der Waals surface area contributed by atoms with Gasteiger partial charge in [0.05, 0.1) is 11.4 Å². The van der Waals surface area contributed by atoms with E-state index in [0.29, 0.717) is 12.5 Å². The summed E-state index contributed by atoms with van der Waals surface area (Å²) in [5.74, 6) is 0.743. The predicted octanol–water partition coefficient (Wildman–Crippen LogP) is 5.64. The number of nitrogens with zero attached hydrogens (tertiary/aromatic N) is 3. The highest BCUT2D eigenvalue weighted by Crippen LogP contribution is 2.59. The molecule has 186 valence electrons. The van der Waals surface area contributed by atoms with E-state index in [1.807, 2.05) is 0 Å². The molecule has 1 saturated heterocycles. The Hall–Kier alpha value is -2.96. The first-order chi connectivity index (χ1) is 17.6. The number of rotatable bonds is 8. The van der Waals surface area contributed by atoms with Crippen molar-refractivity contribution >= 4 is 22.2 Å². The Kier molecular flexibility index (Phi) is 6.40. The van der Waals surface area contributed by atoms with Crippen molar-refractivity contribution in [2.45, 2.75) is 45.1 Å². The average molecular weight is 499 g/mol. The Labute approximate surface area is 217 Å². The molecule has 1 N–H and O–H groups in total. The molecule has 1 spiro atoms. The van der Waals surface area contributed by atoms with E-state index < -0.39 is 0 Å². The van der Waals surface area contributed by atoms with Gasteiger partial charge in [0.25, 0.3) is 0 Å². The summed E-state index contributed by atoms with van der Waals surface area (Å²) in [4.78, 5) is 21.4. The number of likely N-dealkylation sites (tertiary alicyclic amines) is 1. The summed E-state index contributed by atoms with van der Waals surface area (Å²) in [6.07, 6.45) is 6.32. The number of piperidine rings is 1. The summed E-state index contributed by atoms with van der Waals surface area (Å²) in [6, 6.07) is 21.3. The number of thiazole rings is 1. The quantitative estimate of drug-likeness (QED) is 0.342. The Morgan fingerprint density at radius 1 is 1.08 bits per heavy atom. The third kappa shape index (κ3) is 4.60. The molecule has 1 aliphatic heterocycles. The van der Waals surface area contributed by atoms with Crippen LogP contribution in [0, 0.1) is 18.3 Å². The second-order valence-corrected chi connectivity index (χ2v) is 11.4. The molecule has 1 amide bonds. The van der Waals surface area contributed by atoms with E-state index in [0.717, 1.165) is 56.0 Å². The van der Waals surface area contributed by atoms with Crippen molar-refractivity contribution in [3.05, 3.63) is 94.8 Å². The van der Waals surface area contributed by atoms with E-state index in [4.69, 9.17) is 4.98 Å². The third-order valence-electron chi connectivity index (χ3n) is 8.43. The molecule has 2 aromatic carbocycles. The van der Waals surface area contributed by atoms with Crippen LogP contribution in [-0.2, 0) is 11.3 Å². The maximum Gasteiger partial charge on any atom is 0.223 e. The second kappa shape index (κ2) is 9.83. The molecule has 4 aromatic rings. The molecular formula is C30H34N4OS. The highest BCUT2D eigenvalue weighted by atomic mass is 32.1. The lowest BCUT2D eigenvalue weighted by atomic mass is 9.88. The van der Waals surface area contributed by atoms with Gasteiger partial charge in [-0.2, -0.15) is 0 Å². The van der Waals surface area contributed by atoms with E-state index in [1.54, 1.807) is 11.3 Å². The van der Waals surface area contributed by atoms with Crippen molar-refractivity contribution in [3.63, 3.8) is 0 Å². The maximum absolute atomic E-state index is 13.1. The van der Waals surface area contributed by atoms with Crippen LogP contribution >= 0.6 is 11.3 Å². The topological polar surface area (TPSA) is 49.6 Å². The first-order valence-electron chi connectivity index (χ1n) is 13.1. The molecule has 0 radical (unpaired) electrons. The lowest BCUT2D eigenvalue weighted by molar-refractivity contribution is -0.123. The molecule has 3 heterocycles. The minimum absolute atomic E-state index is 0.187. The van der Waals surface area contributed by atoms with Crippen LogP contribution in [0.15, 0.2) is 72.2 Å². The lowest BCUT2D eigenvalue weighted by Gasteiger charge is -2.32. The third-order valence-corrected chi connectivity index (χ3v) is 9.19. The summed E-state index contributed by atoms with van der Waals surface area (Å²) in [5.41, 5.74) is 5.28. The van der Waals surface area contributed by atoms with Crippen LogP contribution in [0.5, 0.6) is 0 Å². The fourth-order valence-electron chi connectivity index (χ4n) is 6.13. The van der Waals surface area contributed by atoms with Crippen molar-refractivity contribution < 1.29 is 4.79 Å². The van der Waals surface area contributed by atoms with Gasteiger partial charge in [0.15, 0.2) is 4.96 Å². The van der Waals surface area contributed by atoms with Gasteiger partial charge in [-0.1, -0.05) is 60.7 Å². The van der Waals surface area contributed by atoms with E-state index in [2.05, 4.69) is 93.8 Å². The van der Waals surface area contributed by atoms with Gasteiger partial charge in [-0.15, -0.1) is 11.3 Å². The summed E-state index contributed by atoms with van der Waals surface area (Å²) < 4.78 is 2.23. The molecule has 2 aliphatic rings. The van der Waals surface area contributed by atoms with Crippen LogP contribution < -0.4 is 5.32 Å². The molecule has 2 aromatic heterocycles. The lowest BCUT2D eigenvalue weighted by Crippen LogP contribution is -2.37. The van der Waals surface area contributed by atoms with Gasteiger partial charge >= 0.3 is 0 Å². The Morgan fingerprint density at radius 2 is 1.75 bits per heavy atom. The number of hydrogen-bond donors (Lipinski definition) is 1. The predicted molar refractivity (Wildman–Crippen MR) is 145 cm³/mol. The number of amides is 1. The number of aryl methyl sites for hydroxylation is 1. The van der Waals surface area contributed by atoms with Crippen molar-refractivity contribution in [1.29, 1.82) is 0 Å². The molecule has 6 rings (SSSR count). The van der Waals surface area contributed by atoms with Crippen molar-refractivity contribution in [2.24, 2.45) is 11.3 Å². The summed E-state index contributed by atoms with van der Waals surface area (Å²) >= 11 is 1.69. The van der Waals surface area contributed by atoms with Gasteiger partial charge in [0.1, 0.15) is 0 Å². The van der Waals surface area contributed by atoms with Crippen LogP contribution in [0.25, 0.3) is 4.96 Å². The van der Waals surface area contributed by atoms with Crippen LogP contribution in [-0.4, -0.2) is 39.8 Å². The Morgan fingerprint density at radius 3 is 2.42 bits per heavy atom. The van der Waals surface area contributed by atoms with Gasteiger partial charge in [0.2, 0.25) is 5.91 Å². The van der Waals surface area contributed by atoms with Gasteiger partial charge < -0.3 is 5.32 Å². The monoisotopic (exact) mass is 498 g/mol. The maximum atomic E-state index is 13.1. The molecule has 0 unspecified atom stereocenters. The second-order valence-electron chi connectivity index (χ2n) is 10.5. The van der Waals surface area contributed by atoms with E-state index in [1.165, 1.54) is 16.8 Å². The zero-order valence-corrected chi connectivity index (χ0v) is 21.7. The number of benzene rings is 2. The van der Waals surface area contributed by atoms with Gasteiger partial charge in [0, 0.05) is 36.5 Å². The SMILES string of the molecule is Cc1nc2sccn2c1CN1CCC2(CC1)C[C@@H]2C(=O)NCCC(c1ccccc1)c1ccccc1. The standard InChI is InChI=1S/C30H34N4OS/c1-22-27(34-18-19-36-29(34)32-22)21-33-16-13-30(14-17-33)20-26(30)28(35)31-15-12-25(23-8-4-2-5-9-23)24-10-6-3-7-11-24/h2-11,18-19,25-26H,12-17,20-21H2,1H3,(H,31,35)/t26-/m1/s1. The van der Waals surface area contributed by atoms with Gasteiger partial charge in [-0.05, 0) is 62.2 Å². The molecule has 5 nitrogen and oxygen atoms in total. The smallest absolute Gasteiger partial charge is 0.223 e. The van der Waals surface area contributed by atoms with Crippen LogP contribution in [0.1, 0.15) is 54.1 Å². The van der Waals surface area contributed by atoms with Crippen molar-refractivity contribution in [1.82, 2.24) is 19.6 Å². The first kappa shape index (κ1) is 23.4. The minimum Gasteiger partial charge on any atom is -0.356 e. The molecule has 1 saturated carbocycles. The number of imidazole rings is 1. The highest BCUT2D eigenvalue weighted by Gasteiger charge is 2.58. The molecule has 36 heavy (non-hydrogen) atoms. The Bertz CT molecular complexity index is 1280. The van der Waals surface area contributed by atoms with Crippen molar-refractivity contribution in [3.8, 4) is 0 Å². The molecular weight excluding hydrogens is 464 g/mol. The fourth-order valence-corrected chi connectivity index (χ4v) is 6.91. The highest BCUT2D eigenvalue weighted by molar-refractivity contribution is 7.15. The van der Waals surface area contributed by atoms with Gasteiger partial charge in [-0.3, -0.25) is 14.1 Å². The minimum atomic E-state index is 0.187. The molecule has 6 heteroatoms.